The van der Waals surface area contributed by atoms with Crippen LogP contribution in [0.1, 0.15) is 32.1 Å². The Morgan fingerprint density at radius 2 is 1.88 bits per heavy atom. The summed E-state index contributed by atoms with van der Waals surface area (Å²) in [5, 5.41) is 12.3. The number of hydrogen-bond acceptors (Lipinski definition) is 2. The molecule has 0 bridgehead atoms. The van der Waals surface area contributed by atoms with Crippen molar-refractivity contribution < 1.29 is 9.90 Å². The van der Waals surface area contributed by atoms with Crippen molar-refractivity contribution in [3.05, 3.63) is 0 Å². The lowest BCUT2D eigenvalue weighted by molar-refractivity contribution is 0.192. The van der Waals surface area contributed by atoms with Crippen molar-refractivity contribution in [1.29, 1.82) is 0 Å². The summed E-state index contributed by atoms with van der Waals surface area (Å²) in [5.74, 6) is 1.80. The Balaban J connectivity index is 1.51. The molecule has 1 atom stereocenters. The molecule has 2 amide bonds. The van der Waals surface area contributed by atoms with E-state index in [2.05, 4.69) is 5.32 Å². The third kappa shape index (κ3) is 2.57. The highest BCUT2D eigenvalue weighted by molar-refractivity contribution is 5.75. The number of carbonyl (C=O) groups is 1. The van der Waals surface area contributed by atoms with Crippen LogP contribution >= 0.6 is 0 Å². The summed E-state index contributed by atoms with van der Waals surface area (Å²) in [7, 11) is 0. The predicted octanol–water partition coefficient (Wildman–Crippen LogP) is 1.20. The van der Waals surface area contributed by atoms with Gasteiger partial charge in [0.05, 0.1) is 0 Å². The lowest BCUT2D eigenvalue weighted by atomic mass is 10.1. The van der Waals surface area contributed by atoms with Crippen molar-refractivity contribution in [3.63, 3.8) is 0 Å². The minimum absolute atomic E-state index is 0.102. The summed E-state index contributed by atoms with van der Waals surface area (Å²) >= 11 is 0. The number of aliphatic hydroxyl groups excluding tert-OH is 1. The number of likely N-dealkylation sites (tertiary alicyclic amines) is 1. The second-order valence-corrected chi connectivity index (χ2v) is 5.93. The van der Waals surface area contributed by atoms with Crippen LogP contribution < -0.4 is 5.32 Å². The molecule has 0 radical (unpaired) electrons. The second-order valence-electron chi connectivity index (χ2n) is 5.93. The molecule has 0 aromatic heterocycles. The lowest BCUT2D eigenvalue weighted by Gasteiger charge is -2.23. The third-order valence-electron chi connectivity index (χ3n) is 4.38. The number of hydrogen-bond donors (Lipinski definition) is 2. The summed E-state index contributed by atoms with van der Waals surface area (Å²) in [6.07, 6.45) is 6.12. The van der Waals surface area contributed by atoms with E-state index in [0.29, 0.717) is 12.0 Å². The zero-order chi connectivity index (χ0) is 11.8. The topological polar surface area (TPSA) is 52.6 Å². The van der Waals surface area contributed by atoms with E-state index >= 15 is 0 Å². The van der Waals surface area contributed by atoms with Crippen molar-refractivity contribution in [2.75, 3.05) is 19.7 Å². The summed E-state index contributed by atoms with van der Waals surface area (Å²) < 4.78 is 0. The van der Waals surface area contributed by atoms with Gasteiger partial charge in [-0.25, -0.2) is 4.79 Å². The standard InChI is InChI=1S/C13H22N2O2/c16-8-9-5-6-15(7-9)13(17)14-12(10-1-2-10)11-3-4-11/h9-12,16H,1-8H2,(H,14,17). The number of nitrogens with zero attached hydrogens (tertiary/aromatic N) is 1. The molecule has 3 aliphatic rings. The molecule has 1 aliphatic heterocycles. The summed E-state index contributed by atoms with van der Waals surface area (Å²) in [6, 6.07) is 0.542. The first kappa shape index (κ1) is 11.3. The van der Waals surface area contributed by atoms with Crippen LogP contribution in [0.4, 0.5) is 4.79 Å². The van der Waals surface area contributed by atoms with E-state index in [1.807, 2.05) is 4.90 Å². The highest BCUT2D eigenvalue weighted by Gasteiger charge is 2.43. The lowest BCUT2D eigenvalue weighted by Crippen LogP contribution is -2.45. The van der Waals surface area contributed by atoms with Crippen LogP contribution in [0.2, 0.25) is 0 Å². The maximum Gasteiger partial charge on any atom is 0.317 e. The first-order valence-electron chi connectivity index (χ1n) is 6.94. The maximum atomic E-state index is 12.1. The number of rotatable bonds is 4. The quantitative estimate of drug-likeness (QED) is 0.773. The van der Waals surface area contributed by atoms with Crippen LogP contribution in [0.3, 0.4) is 0 Å². The normalized spacial score (nSPS) is 28.8. The Labute approximate surface area is 102 Å². The van der Waals surface area contributed by atoms with Gasteiger partial charge in [-0.3, -0.25) is 0 Å². The Morgan fingerprint density at radius 1 is 1.24 bits per heavy atom. The number of amides is 2. The van der Waals surface area contributed by atoms with Gasteiger partial charge in [-0.1, -0.05) is 0 Å². The Kier molecular flexibility index (Phi) is 2.99. The van der Waals surface area contributed by atoms with E-state index in [1.54, 1.807) is 0 Å². The molecule has 0 aromatic rings. The molecule has 0 aromatic carbocycles. The van der Waals surface area contributed by atoms with Gasteiger partial charge in [-0.05, 0) is 43.9 Å². The van der Waals surface area contributed by atoms with Crippen molar-refractivity contribution in [3.8, 4) is 0 Å². The van der Waals surface area contributed by atoms with Gasteiger partial charge in [-0.2, -0.15) is 0 Å². The van der Waals surface area contributed by atoms with Gasteiger partial charge in [0.1, 0.15) is 0 Å². The molecular formula is C13H22N2O2. The number of urea groups is 1. The van der Waals surface area contributed by atoms with Gasteiger partial charge in [0.15, 0.2) is 0 Å². The van der Waals surface area contributed by atoms with E-state index in [4.69, 9.17) is 5.11 Å². The van der Waals surface area contributed by atoms with Gasteiger partial charge >= 0.3 is 6.03 Å². The molecule has 2 N–H and O–H groups in total. The van der Waals surface area contributed by atoms with Gasteiger partial charge in [0.2, 0.25) is 0 Å². The zero-order valence-electron chi connectivity index (χ0n) is 10.3. The van der Waals surface area contributed by atoms with E-state index in [-0.39, 0.29) is 12.6 Å². The Bertz CT molecular complexity index is 288. The van der Waals surface area contributed by atoms with Crippen LogP contribution in [-0.4, -0.2) is 41.8 Å². The van der Waals surface area contributed by atoms with Crippen LogP contribution in [0, 0.1) is 17.8 Å². The van der Waals surface area contributed by atoms with Crippen LogP contribution in [-0.2, 0) is 0 Å². The van der Waals surface area contributed by atoms with Crippen molar-refractivity contribution in [2.24, 2.45) is 17.8 Å². The molecule has 2 aliphatic carbocycles. The van der Waals surface area contributed by atoms with Gasteiger partial charge in [-0.15, -0.1) is 0 Å². The summed E-state index contributed by atoms with van der Waals surface area (Å²) in [6.45, 7) is 1.74. The van der Waals surface area contributed by atoms with Gasteiger partial charge in [0.25, 0.3) is 0 Å². The molecule has 17 heavy (non-hydrogen) atoms. The molecule has 4 heteroatoms. The van der Waals surface area contributed by atoms with Crippen LogP contribution in [0.15, 0.2) is 0 Å². The first-order valence-corrected chi connectivity index (χ1v) is 6.94. The fraction of sp³-hybridized carbons (Fsp3) is 0.923. The molecule has 0 spiro atoms. The highest BCUT2D eigenvalue weighted by Crippen LogP contribution is 2.44. The first-order chi connectivity index (χ1) is 8.28. The molecule has 1 unspecified atom stereocenters. The molecule has 4 nitrogen and oxygen atoms in total. The summed E-state index contributed by atoms with van der Waals surface area (Å²) in [5.41, 5.74) is 0. The SMILES string of the molecule is O=C(NC(C1CC1)C1CC1)N1CCC(CO)C1. The fourth-order valence-electron chi connectivity index (χ4n) is 2.93. The molecule has 3 rings (SSSR count). The second kappa shape index (κ2) is 4.48. The Hall–Kier alpha value is -0.770. The maximum absolute atomic E-state index is 12.1. The van der Waals surface area contributed by atoms with Crippen LogP contribution in [0.25, 0.3) is 0 Å². The molecule has 96 valence electrons. The monoisotopic (exact) mass is 238 g/mol. The molecule has 2 saturated carbocycles. The zero-order valence-corrected chi connectivity index (χ0v) is 10.3. The largest absolute Gasteiger partial charge is 0.396 e. The van der Waals surface area contributed by atoms with Gasteiger partial charge in [0, 0.05) is 31.7 Å². The Morgan fingerprint density at radius 3 is 2.35 bits per heavy atom. The van der Waals surface area contributed by atoms with E-state index < -0.39 is 0 Å². The minimum atomic E-state index is 0.102. The third-order valence-corrected chi connectivity index (χ3v) is 4.38. The van der Waals surface area contributed by atoms with E-state index in [0.717, 1.165) is 31.3 Å². The van der Waals surface area contributed by atoms with Crippen molar-refractivity contribution >= 4 is 6.03 Å². The fourth-order valence-corrected chi connectivity index (χ4v) is 2.93. The minimum Gasteiger partial charge on any atom is -0.396 e. The van der Waals surface area contributed by atoms with Crippen molar-refractivity contribution in [2.45, 2.75) is 38.1 Å². The smallest absolute Gasteiger partial charge is 0.317 e. The highest BCUT2D eigenvalue weighted by atomic mass is 16.3. The van der Waals surface area contributed by atoms with Crippen molar-refractivity contribution in [1.82, 2.24) is 10.2 Å². The predicted molar refractivity (Wildman–Crippen MR) is 64.5 cm³/mol. The average Bonchev–Trinajstić information content (AvgIpc) is 3.24. The molecule has 1 saturated heterocycles. The average molecular weight is 238 g/mol. The molecule has 1 heterocycles. The van der Waals surface area contributed by atoms with Crippen LogP contribution in [0.5, 0.6) is 0 Å². The number of carbonyl (C=O) groups excluding carboxylic acids is 1. The van der Waals surface area contributed by atoms with E-state index in [1.165, 1.54) is 25.7 Å². The molecule has 3 fully saturated rings. The number of aliphatic hydroxyl groups is 1. The summed E-state index contributed by atoms with van der Waals surface area (Å²) in [4.78, 5) is 14.0. The van der Waals surface area contributed by atoms with E-state index in [9.17, 15) is 4.79 Å². The molecular weight excluding hydrogens is 216 g/mol. The van der Waals surface area contributed by atoms with Gasteiger partial charge < -0.3 is 15.3 Å². The number of nitrogens with one attached hydrogen (secondary N) is 1.